The van der Waals surface area contributed by atoms with Gasteiger partial charge >= 0.3 is 0 Å². The minimum absolute atomic E-state index is 0.128. The quantitative estimate of drug-likeness (QED) is 0.874. The zero-order valence-electron chi connectivity index (χ0n) is 11.2. The summed E-state index contributed by atoms with van der Waals surface area (Å²) in [6.45, 7) is 0.495. The molecule has 0 bridgehead atoms. The fourth-order valence-corrected chi connectivity index (χ4v) is 2.54. The number of nitrogens with zero attached hydrogens (tertiary/aromatic N) is 4. The van der Waals surface area contributed by atoms with Gasteiger partial charge < -0.3 is 9.88 Å². The Bertz CT molecular complexity index is 481. The monoisotopic (exact) mass is 261 g/mol. The molecule has 0 saturated heterocycles. The van der Waals surface area contributed by atoms with Crippen molar-refractivity contribution in [3.05, 3.63) is 12.2 Å². The molecule has 0 radical (unpaired) electrons. The Labute approximate surface area is 112 Å². The Kier molecular flexibility index (Phi) is 4.15. The van der Waals surface area contributed by atoms with E-state index >= 15 is 0 Å². The van der Waals surface area contributed by atoms with E-state index < -0.39 is 5.41 Å². The highest BCUT2D eigenvalue weighted by molar-refractivity contribution is 5.85. The highest BCUT2D eigenvalue weighted by atomic mass is 16.2. The SMILES string of the molecule is Cn1cnnc1CCNC(=O)C1(C#N)CCCCC1. The molecule has 1 aromatic heterocycles. The topological polar surface area (TPSA) is 83.6 Å². The van der Waals surface area contributed by atoms with Gasteiger partial charge in [-0.3, -0.25) is 4.79 Å². The van der Waals surface area contributed by atoms with Gasteiger partial charge in [-0.05, 0) is 12.8 Å². The van der Waals surface area contributed by atoms with E-state index in [4.69, 9.17) is 0 Å². The molecule has 0 atom stereocenters. The van der Waals surface area contributed by atoms with Crippen LogP contribution in [0.2, 0.25) is 0 Å². The zero-order valence-corrected chi connectivity index (χ0v) is 11.2. The molecule has 2 rings (SSSR count). The standard InChI is InChI=1S/C13H19N5O/c1-18-10-16-17-11(18)5-8-15-12(19)13(9-14)6-3-2-4-7-13/h10H,2-8H2,1H3,(H,15,19). The molecule has 6 heteroatoms. The summed E-state index contributed by atoms with van der Waals surface area (Å²) in [5.74, 6) is 0.701. The predicted octanol–water partition coefficient (Wildman–Crippen LogP) is 0.948. The molecule has 6 nitrogen and oxygen atoms in total. The number of aromatic nitrogens is 3. The van der Waals surface area contributed by atoms with Crippen molar-refractivity contribution in [3.8, 4) is 6.07 Å². The lowest BCUT2D eigenvalue weighted by molar-refractivity contribution is -0.129. The molecule has 0 unspecified atom stereocenters. The van der Waals surface area contributed by atoms with E-state index in [1.165, 1.54) is 0 Å². The fraction of sp³-hybridized carbons (Fsp3) is 0.692. The number of carbonyl (C=O) groups excluding carboxylic acids is 1. The fourth-order valence-electron chi connectivity index (χ4n) is 2.54. The van der Waals surface area contributed by atoms with Crippen LogP contribution in [0.3, 0.4) is 0 Å². The number of hydrogen-bond acceptors (Lipinski definition) is 4. The molecular formula is C13H19N5O. The molecule has 0 aliphatic heterocycles. The number of nitriles is 1. The number of nitrogens with one attached hydrogen (secondary N) is 1. The smallest absolute Gasteiger partial charge is 0.240 e. The van der Waals surface area contributed by atoms with Crippen molar-refractivity contribution in [1.29, 1.82) is 5.26 Å². The first-order valence-corrected chi connectivity index (χ1v) is 6.70. The molecule has 1 fully saturated rings. The van der Waals surface area contributed by atoms with Gasteiger partial charge in [-0.1, -0.05) is 19.3 Å². The van der Waals surface area contributed by atoms with Crippen LogP contribution in [0.4, 0.5) is 0 Å². The van der Waals surface area contributed by atoms with E-state index in [1.807, 2.05) is 11.6 Å². The Morgan fingerprint density at radius 3 is 2.84 bits per heavy atom. The molecule has 0 spiro atoms. The lowest BCUT2D eigenvalue weighted by atomic mass is 9.74. The molecule has 19 heavy (non-hydrogen) atoms. The summed E-state index contributed by atoms with van der Waals surface area (Å²) in [7, 11) is 1.87. The second kappa shape index (κ2) is 5.83. The summed E-state index contributed by atoms with van der Waals surface area (Å²) in [5.41, 5.74) is -0.807. The Hall–Kier alpha value is -1.90. The van der Waals surface area contributed by atoms with Crippen LogP contribution >= 0.6 is 0 Å². The van der Waals surface area contributed by atoms with Crippen LogP contribution in [-0.4, -0.2) is 27.2 Å². The Morgan fingerprint density at radius 2 is 2.26 bits per heavy atom. The third-order valence-corrected chi connectivity index (χ3v) is 3.80. The van der Waals surface area contributed by atoms with E-state index in [0.29, 0.717) is 25.8 Å². The van der Waals surface area contributed by atoms with Gasteiger partial charge in [0.1, 0.15) is 17.6 Å². The highest BCUT2D eigenvalue weighted by Gasteiger charge is 2.39. The molecular weight excluding hydrogens is 242 g/mol. The minimum Gasteiger partial charge on any atom is -0.354 e. The van der Waals surface area contributed by atoms with Crippen LogP contribution in [0, 0.1) is 16.7 Å². The lowest BCUT2D eigenvalue weighted by Crippen LogP contribution is -2.42. The van der Waals surface area contributed by atoms with E-state index in [1.54, 1.807) is 6.33 Å². The molecule has 1 amide bonds. The molecule has 1 N–H and O–H groups in total. The summed E-state index contributed by atoms with van der Waals surface area (Å²) in [6.07, 6.45) is 6.67. The summed E-state index contributed by atoms with van der Waals surface area (Å²) in [6, 6.07) is 2.23. The summed E-state index contributed by atoms with van der Waals surface area (Å²) in [5, 5.41) is 19.9. The third kappa shape index (κ3) is 2.92. The van der Waals surface area contributed by atoms with Gasteiger partial charge in [0.25, 0.3) is 0 Å². The second-order valence-electron chi connectivity index (χ2n) is 5.12. The number of carbonyl (C=O) groups is 1. The molecule has 1 aliphatic rings. The van der Waals surface area contributed by atoms with E-state index in [-0.39, 0.29) is 5.91 Å². The Balaban J connectivity index is 1.87. The predicted molar refractivity (Wildman–Crippen MR) is 68.8 cm³/mol. The first kappa shape index (κ1) is 13.5. The number of amides is 1. The average molecular weight is 261 g/mol. The number of hydrogen-bond donors (Lipinski definition) is 1. The number of rotatable bonds is 4. The molecule has 1 heterocycles. The minimum atomic E-state index is -0.807. The van der Waals surface area contributed by atoms with Crippen molar-refractivity contribution in [1.82, 2.24) is 20.1 Å². The summed E-state index contributed by atoms with van der Waals surface area (Å²) >= 11 is 0. The van der Waals surface area contributed by atoms with Crippen molar-refractivity contribution in [2.75, 3.05) is 6.54 Å². The van der Waals surface area contributed by atoms with Gasteiger partial charge in [0, 0.05) is 20.0 Å². The normalized spacial score (nSPS) is 17.7. The van der Waals surface area contributed by atoms with E-state index in [0.717, 1.165) is 25.1 Å². The largest absolute Gasteiger partial charge is 0.354 e. The molecule has 1 aliphatic carbocycles. The van der Waals surface area contributed by atoms with Crippen molar-refractivity contribution < 1.29 is 4.79 Å². The molecule has 102 valence electrons. The van der Waals surface area contributed by atoms with Gasteiger partial charge in [-0.15, -0.1) is 10.2 Å². The summed E-state index contributed by atoms with van der Waals surface area (Å²) in [4.78, 5) is 12.2. The van der Waals surface area contributed by atoms with Crippen molar-refractivity contribution >= 4 is 5.91 Å². The van der Waals surface area contributed by atoms with Crippen molar-refractivity contribution in [2.24, 2.45) is 12.5 Å². The second-order valence-corrected chi connectivity index (χ2v) is 5.12. The van der Waals surface area contributed by atoms with Crippen LogP contribution in [0.5, 0.6) is 0 Å². The maximum Gasteiger partial charge on any atom is 0.240 e. The van der Waals surface area contributed by atoms with Gasteiger partial charge in [0.15, 0.2) is 0 Å². The van der Waals surface area contributed by atoms with Crippen LogP contribution in [0.25, 0.3) is 0 Å². The van der Waals surface area contributed by atoms with E-state index in [9.17, 15) is 10.1 Å². The van der Waals surface area contributed by atoms with Crippen LogP contribution in [0.1, 0.15) is 37.9 Å². The number of aryl methyl sites for hydroxylation is 1. The van der Waals surface area contributed by atoms with Gasteiger partial charge in [0.2, 0.25) is 5.91 Å². The molecule has 0 aromatic carbocycles. The van der Waals surface area contributed by atoms with Crippen molar-refractivity contribution in [3.63, 3.8) is 0 Å². The first-order valence-electron chi connectivity index (χ1n) is 6.70. The zero-order chi connectivity index (χ0) is 13.7. The van der Waals surface area contributed by atoms with Crippen LogP contribution < -0.4 is 5.32 Å². The highest BCUT2D eigenvalue weighted by Crippen LogP contribution is 2.35. The maximum atomic E-state index is 12.2. The van der Waals surface area contributed by atoms with E-state index in [2.05, 4.69) is 21.6 Å². The average Bonchev–Trinajstić information content (AvgIpc) is 2.85. The van der Waals surface area contributed by atoms with Gasteiger partial charge in [-0.25, -0.2) is 0 Å². The Morgan fingerprint density at radius 1 is 1.53 bits per heavy atom. The molecule has 1 aromatic rings. The van der Waals surface area contributed by atoms with Crippen LogP contribution in [-0.2, 0) is 18.3 Å². The lowest BCUT2D eigenvalue weighted by Gasteiger charge is -2.29. The van der Waals surface area contributed by atoms with Crippen LogP contribution in [0.15, 0.2) is 6.33 Å². The van der Waals surface area contributed by atoms with Gasteiger partial charge in [0.05, 0.1) is 6.07 Å². The van der Waals surface area contributed by atoms with Gasteiger partial charge in [-0.2, -0.15) is 5.26 Å². The third-order valence-electron chi connectivity index (χ3n) is 3.80. The maximum absolute atomic E-state index is 12.2. The molecule has 1 saturated carbocycles. The summed E-state index contributed by atoms with van der Waals surface area (Å²) < 4.78 is 1.83. The van der Waals surface area contributed by atoms with Crippen molar-refractivity contribution in [2.45, 2.75) is 38.5 Å². The first-order chi connectivity index (χ1) is 9.18.